The fourth-order valence-electron chi connectivity index (χ4n) is 0.744. The van der Waals surface area contributed by atoms with Gasteiger partial charge in [0.05, 0.1) is 5.95 Å². The van der Waals surface area contributed by atoms with Gasteiger partial charge < -0.3 is 9.84 Å². The summed E-state index contributed by atoms with van der Waals surface area (Å²) < 4.78 is 4.46. The summed E-state index contributed by atoms with van der Waals surface area (Å²) in [7, 11) is 1.36. The second-order valence-electron chi connectivity index (χ2n) is 2.08. The first-order valence-corrected chi connectivity index (χ1v) is 3.30. The van der Waals surface area contributed by atoms with E-state index in [1.807, 2.05) is 30.3 Å². The van der Waals surface area contributed by atoms with Crippen LogP contribution in [0.1, 0.15) is 5.56 Å². The molecule has 0 N–H and O–H groups in total. The molecule has 1 rings (SSSR count). The first-order valence-electron chi connectivity index (χ1n) is 3.30. The number of hydrogen-bond donors (Lipinski definition) is 0. The smallest absolute Gasteiger partial charge is 0.617 e. The molecule has 3 heteroatoms. The maximum atomic E-state index is 10.7. The molecule has 0 amide bonds. The van der Waals surface area contributed by atoms with Gasteiger partial charge in [-0.2, -0.15) is 0 Å². The van der Waals surface area contributed by atoms with Crippen LogP contribution in [0.3, 0.4) is 0 Å². The van der Waals surface area contributed by atoms with Gasteiger partial charge in [-0.3, -0.25) is 0 Å². The Bertz CT molecular complexity index is 244. The topological polar surface area (TPSA) is 32.3 Å². The van der Waals surface area contributed by atoms with Crippen molar-refractivity contribution in [2.75, 3.05) is 7.11 Å². The molecular formula is C9H9LiO2. The van der Waals surface area contributed by atoms with Crippen LogP contribution in [0.25, 0.3) is 6.08 Å². The predicted octanol–water partition coefficient (Wildman–Crippen LogP) is -2.00. The maximum Gasteiger partial charge on any atom is 1.00 e. The number of methoxy groups -OCH3 is 1. The number of benzene rings is 1. The third-order valence-electron chi connectivity index (χ3n) is 1.29. The van der Waals surface area contributed by atoms with Crippen LogP contribution in [0.5, 0.6) is 0 Å². The zero-order chi connectivity index (χ0) is 8.10. The van der Waals surface area contributed by atoms with E-state index in [1.54, 1.807) is 0 Å². The van der Waals surface area contributed by atoms with Crippen molar-refractivity contribution in [3.8, 4) is 0 Å². The van der Waals surface area contributed by atoms with E-state index in [0.717, 1.165) is 5.56 Å². The fourth-order valence-corrected chi connectivity index (χ4v) is 0.744. The summed E-state index contributed by atoms with van der Waals surface area (Å²) in [6, 6.07) is 9.33. The number of rotatable bonds is 2. The van der Waals surface area contributed by atoms with Crippen LogP contribution in [0.15, 0.2) is 36.3 Å². The van der Waals surface area contributed by atoms with Crippen LogP contribution in [-0.2, 0) is 4.74 Å². The van der Waals surface area contributed by atoms with Crippen molar-refractivity contribution >= 4 is 6.08 Å². The molecule has 1 aromatic rings. The minimum Gasteiger partial charge on any atom is -0.617 e. The van der Waals surface area contributed by atoms with Crippen LogP contribution in [0.4, 0.5) is 0 Å². The zero-order valence-electron chi connectivity index (χ0n) is 7.28. The van der Waals surface area contributed by atoms with Crippen LogP contribution >= 0.6 is 0 Å². The Morgan fingerprint density at radius 1 is 1.33 bits per heavy atom. The average Bonchev–Trinajstić information content (AvgIpc) is 2.06. The Kier molecular flexibility index (Phi) is 5.36. The standard InChI is InChI=1S/C9H10O2.Li/c1-11-9(10)7-8-5-3-2-4-6-8;/h2-7,10H,1H3;/q;+1/p-1/b9-7-;. The second-order valence-corrected chi connectivity index (χ2v) is 2.08. The SMILES string of the molecule is CO/C([O-])=C\c1ccccc1.[Li+]. The Balaban J connectivity index is 0.00000121. The molecule has 0 aliphatic heterocycles. The van der Waals surface area contributed by atoms with Gasteiger partial charge in [0.2, 0.25) is 0 Å². The van der Waals surface area contributed by atoms with Crippen molar-refractivity contribution in [2.24, 2.45) is 0 Å². The third-order valence-corrected chi connectivity index (χ3v) is 1.29. The zero-order valence-corrected chi connectivity index (χ0v) is 7.28. The molecule has 0 aliphatic carbocycles. The van der Waals surface area contributed by atoms with E-state index in [2.05, 4.69) is 4.74 Å². The quantitative estimate of drug-likeness (QED) is 0.366. The monoisotopic (exact) mass is 156 g/mol. The first kappa shape index (κ1) is 11.2. The van der Waals surface area contributed by atoms with Gasteiger partial charge in [-0.05, 0) is 18.7 Å². The van der Waals surface area contributed by atoms with Gasteiger partial charge in [0.25, 0.3) is 0 Å². The molecule has 0 heterocycles. The van der Waals surface area contributed by atoms with Gasteiger partial charge in [-0.25, -0.2) is 0 Å². The van der Waals surface area contributed by atoms with Gasteiger partial charge in [0, 0.05) is 0 Å². The van der Waals surface area contributed by atoms with Crippen molar-refractivity contribution in [1.29, 1.82) is 0 Å². The molecule has 58 valence electrons. The maximum absolute atomic E-state index is 10.7. The minimum atomic E-state index is -0.323. The summed E-state index contributed by atoms with van der Waals surface area (Å²) in [6.45, 7) is 0. The Labute approximate surface area is 84.0 Å². The van der Waals surface area contributed by atoms with Crippen molar-refractivity contribution < 1.29 is 28.7 Å². The van der Waals surface area contributed by atoms with E-state index in [-0.39, 0.29) is 24.8 Å². The second kappa shape index (κ2) is 5.76. The molecule has 1 aromatic carbocycles. The summed E-state index contributed by atoms with van der Waals surface area (Å²) in [5.74, 6) is -0.323. The Hall–Kier alpha value is -0.843. The largest absolute Gasteiger partial charge is 1.00 e. The molecule has 0 saturated heterocycles. The summed E-state index contributed by atoms with van der Waals surface area (Å²) in [5, 5.41) is 10.7. The van der Waals surface area contributed by atoms with Crippen molar-refractivity contribution in [3.05, 3.63) is 41.8 Å². The molecule has 0 radical (unpaired) electrons. The molecular weight excluding hydrogens is 147 g/mol. The van der Waals surface area contributed by atoms with Crippen LogP contribution in [0.2, 0.25) is 0 Å². The van der Waals surface area contributed by atoms with Crippen molar-refractivity contribution in [1.82, 2.24) is 0 Å². The van der Waals surface area contributed by atoms with Gasteiger partial charge >= 0.3 is 18.9 Å². The van der Waals surface area contributed by atoms with Gasteiger partial charge in [0.15, 0.2) is 0 Å². The minimum absolute atomic E-state index is 0. The third kappa shape index (κ3) is 3.52. The normalized spacial score (nSPS) is 10.2. The Morgan fingerprint density at radius 2 is 1.92 bits per heavy atom. The van der Waals surface area contributed by atoms with Crippen molar-refractivity contribution in [3.63, 3.8) is 0 Å². The Morgan fingerprint density at radius 3 is 2.42 bits per heavy atom. The summed E-state index contributed by atoms with van der Waals surface area (Å²) in [5.41, 5.74) is 0.861. The molecule has 0 unspecified atom stereocenters. The molecule has 0 spiro atoms. The number of hydrogen-bond acceptors (Lipinski definition) is 2. The number of ether oxygens (including phenoxy) is 1. The molecule has 0 fully saturated rings. The van der Waals surface area contributed by atoms with Gasteiger partial charge in [0.1, 0.15) is 0 Å². The first-order chi connectivity index (χ1) is 5.33. The van der Waals surface area contributed by atoms with E-state index in [1.165, 1.54) is 13.2 Å². The van der Waals surface area contributed by atoms with E-state index < -0.39 is 0 Å². The van der Waals surface area contributed by atoms with Crippen LogP contribution in [-0.4, -0.2) is 7.11 Å². The van der Waals surface area contributed by atoms with E-state index in [0.29, 0.717) is 0 Å². The van der Waals surface area contributed by atoms with E-state index in [4.69, 9.17) is 0 Å². The predicted molar refractivity (Wildman–Crippen MR) is 41.4 cm³/mol. The molecule has 0 aliphatic rings. The molecule has 12 heavy (non-hydrogen) atoms. The van der Waals surface area contributed by atoms with Crippen LogP contribution in [0, 0.1) is 0 Å². The molecule has 2 nitrogen and oxygen atoms in total. The molecule has 0 aromatic heterocycles. The average molecular weight is 156 g/mol. The molecule has 0 bridgehead atoms. The summed E-state index contributed by atoms with van der Waals surface area (Å²) in [4.78, 5) is 0. The van der Waals surface area contributed by atoms with E-state index >= 15 is 0 Å². The fraction of sp³-hybridized carbons (Fsp3) is 0.111. The summed E-state index contributed by atoms with van der Waals surface area (Å²) >= 11 is 0. The summed E-state index contributed by atoms with van der Waals surface area (Å²) in [6.07, 6.45) is 1.44. The molecule has 0 atom stereocenters. The van der Waals surface area contributed by atoms with Gasteiger partial charge in [-0.1, -0.05) is 30.3 Å². The molecule has 0 saturated carbocycles. The van der Waals surface area contributed by atoms with Crippen LogP contribution < -0.4 is 24.0 Å². The van der Waals surface area contributed by atoms with E-state index in [9.17, 15) is 5.11 Å². The van der Waals surface area contributed by atoms with Gasteiger partial charge in [-0.15, -0.1) is 0 Å². The van der Waals surface area contributed by atoms with Crippen molar-refractivity contribution in [2.45, 2.75) is 0 Å².